The molecule has 1 aliphatic rings. The smallest absolute Gasteiger partial charge is 0.369 e. The first kappa shape index (κ1) is 13.7. The van der Waals surface area contributed by atoms with E-state index in [0.717, 1.165) is 25.1 Å². The third-order valence-corrected chi connectivity index (χ3v) is 3.38. The average Bonchev–Trinajstić information content (AvgIpc) is 2.85. The van der Waals surface area contributed by atoms with Crippen molar-refractivity contribution < 1.29 is 13.2 Å². The molecule has 0 bridgehead atoms. The number of rotatable bonds is 2. The van der Waals surface area contributed by atoms with E-state index in [1.165, 1.54) is 6.07 Å². The van der Waals surface area contributed by atoms with Crippen molar-refractivity contribution in [3.05, 3.63) is 29.3 Å². The molecule has 102 valence electrons. The molecule has 1 N–H and O–H groups in total. The van der Waals surface area contributed by atoms with Crippen LogP contribution in [-0.2, 0) is 6.18 Å². The fourth-order valence-corrected chi connectivity index (χ4v) is 2.29. The molecule has 1 saturated heterocycles. The van der Waals surface area contributed by atoms with Gasteiger partial charge in [0.25, 0.3) is 0 Å². The number of anilines is 1. The number of hydrogen-bond donors (Lipinski definition) is 1. The molecule has 0 amide bonds. The van der Waals surface area contributed by atoms with Crippen LogP contribution in [-0.4, -0.2) is 26.2 Å². The summed E-state index contributed by atoms with van der Waals surface area (Å²) < 4.78 is 37.8. The van der Waals surface area contributed by atoms with E-state index in [-0.39, 0.29) is 5.56 Å². The van der Waals surface area contributed by atoms with Gasteiger partial charge < -0.3 is 10.2 Å². The summed E-state index contributed by atoms with van der Waals surface area (Å²) >= 11 is 0. The van der Waals surface area contributed by atoms with Crippen molar-refractivity contribution in [1.29, 1.82) is 5.26 Å². The highest BCUT2D eigenvalue weighted by Gasteiger charge is 2.32. The zero-order chi connectivity index (χ0) is 14.0. The van der Waals surface area contributed by atoms with Gasteiger partial charge in [0.05, 0.1) is 16.8 Å². The van der Waals surface area contributed by atoms with Crippen molar-refractivity contribution in [3.8, 4) is 6.07 Å². The van der Waals surface area contributed by atoms with Crippen molar-refractivity contribution in [2.24, 2.45) is 0 Å². The summed E-state index contributed by atoms with van der Waals surface area (Å²) in [6.07, 6.45) is -3.50. The van der Waals surface area contributed by atoms with E-state index in [9.17, 15) is 13.2 Å². The Balaban J connectivity index is 2.30. The van der Waals surface area contributed by atoms with Crippen LogP contribution in [0.4, 0.5) is 18.9 Å². The Morgan fingerprint density at radius 3 is 2.68 bits per heavy atom. The maximum atomic E-state index is 12.6. The molecule has 1 fully saturated rings. The monoisotopic (exact) mass is 269 g/mol. The highest BCUT2D eigenvalue weighted by Crippen LogP contribution is 2.33. The predicted octanol–water partition coefficient (Wildman–Crippen LogP) is 2.38. The standard InChI is InChI=1S/C13H14F3N3/c1-18-11-4-5-19(8-11)12-3-2-10(13(14,15)16)6-9(12)7-17/h2-3,6,11,18H,4-5,8H2,1H3. The van der Waals surface area contributed by atoms with Gasteiger partial charge in [-0.1, -0.05) is 0 Å². The number of benzene rings is 1. The Morgan fingerprint density at radius 1 is 1.42 bits per heavy atom. The fourth-order valence-electron chi connectivity index (χ4n) is 2.29. The molecule has 0 aromatic heterocycles. The fraction of sp³-hybridized carbons (Fsp3) is 0.462. The molecule has 1 aromatic rings. The highest BCUT2D eigenvalue weighted by atomic mass is 19.4. The van der Waals surface area contributed by atoms with E-state index in [0.29, 0.717) is 18.3 Å². The summed E-state index contributed by atoms with van der Waals surface area (Å²) in [6.45, 7) is 1.45. The van der Waals surface area contributed by atoms with Crippen molar-refractivity contribution in [2.75, 3.05) is 25.0 Å². The predicted molar refractivity (Wildman–Crippen MR) is 65.8 cm³/mol. The lowest BCUT2D eigenvalue weighted by molar-refractivity contribution is -0.137. The Kier molecular flexibility index (Phi) is 3.67. The minimum Gasteiger partial charge on any atom is -0.369 e. The summed E-state index contributed by atoms with van der Waals surface area (Å²) in [4.78, 5) is 1.94. The van der Waals surface area contributed by atoms with Crippen LogP contribution in [0.1, 0.15) is 17.5 Å². The molecule has 0 spiro atoms. The van der Waals surface area contributed by atoms with Crippen LogP contribution in [0.3, 0.4) is 0 Å². The van der Waals surface area contributed by atoms with Crippen LogP contribution in [0.5, 0.6) is 0 Å². The molecule has 3 nitrogen and oxygen atoms in total. The SMILES string of the molecule is CNC1CCN(c2ccc(C(F)(F)F)cc2C#N)C1. The van der Waals surface area contributed by atoms with E-state index in [1.54, 1.807) is 0 Å². The number of likely N-dealkylation sites (N-methyl/N-ethyl adjacent to an activating group) is 1. The number of nitrogens with one attached hydrogen (secondary N) is 1. The van der Waals surface area contributed by atoms with Gasteiger partial charge in [0.15, 0.2) is 0 Å². The lowest BCUT2D eigenvalue weighted by atomic mass is 10.1. The van der Waals surface area contributed by atoms with Gasteiger partial charge in [-0.2, -0.15) is 18.4 Å². The van der Waals surface area contributed by atoms with Gasteiger partial charge in [-0.15, -0.1) is 0 Å². The van der Waals surface area contributed by atoms with Crippen LogP contribution in [0.25, 0.3) is 0 Å². The molecule has 1 heterocycles. The minimum absolute atomic E-state index is 0.0755. The van der Waals surface area contributed by atoms with Crippen molar-refractivity contribution in [3.63, 3.8) is 0 Å². The number of alkyl halides is 3. The maximum absolute atomic E-state index is 12.6. The van der Waals surface area contributed by atoms with Crippen molar-refractivity contribution in [2.45, 2.75) is 18.6 Å². The summed E-state index contributed by atoms with van der Waals surface area (Å²) in [6, 6.07) is 5.51. The molecule has 0 radical (unpaired) electrons. The third kappa shape index (κ3) is 2.82. The molecule has 0 saturated carbocycles. The van der Waals surface area contributed by atoms with Crippen molar-refractivity contribution >= 4 is 5.69 Å². The molecule has 1 aromatic carbocycles. The Hall–Kier alpha value is -1.74. The highest BCUT2D eigenvalue weighted by molar-refractivity contribution is 5.61. The first-order chi connectivity index (χ1) is 8.95. The second-order valence-corrected chi connectivity index (χ2v) is 4.56. The van der Waals surface area contributed by atoms with Gasteiger partial charge in [0.2, 0.25) is 0 Å². The molecule has 0 aliphatic carbocycles. The zero-order valence-corrected chi connectivity index (χ0v) is 10.5. The lowest BCUT2D eigenvalue weighted by Gasteiger charge is -2.20. The van der Waals surface area contributed by atoms with Crippen LogP contribution >= 0.6 is 0 Å². The Morgan fingerprint density at radius 2 is 2.16 bits per heavy atom. The summed E-state index contributed by atoms with van der Waals surface area (Å²) in [7, 11) is 1.85. The van der Waals surface area contributed by atoms with Crippen LogP contribution in [0, 0.1) is 11.3 Å². The number of hydrogen-bond acceptors (Lipinski definition) is 3. The van der Waals surface area contributed by atoms with Gasteiger partial charge in [-0.3, -0.25) is 0 Å². The van der Waals surface area contributed by atoms with Crippen LogP contribution in [0.2, 0.25) is 0 Å². The van der Waals surface area contributed by atoms with Gasteiger partial charge in [0.1, 0.15) is 6.07 Å². The summed E-state index contributed by atoms with van der Waals surface area (Å²) in [5, 5.41) is 12.2. The van der Waals surface area contributed by atoms with Gasteiger partial charge in [-0.25, -0.2) is 0 Å². The normalized spacial score (nSPS) is 19.5. The number of nitriles is 1. The molecule has 6 heteroatoms. The zero-order valence-electron chi connectivity index (χ0n) is 10.5. The topological polar surface area (TPSA) is 39.1 Å². The number of nitrogens with zero attached hydrogens (tertiary/aromatic N) is 2. The second kappa shape index (κ2) is 5.10. The van der Waals surface area contributed by atoms with E-state index in [2.05, 4.69) is 5.32 Å². The quantitative estimate of drug-likeness (QED) is 0.896. The lowest BCUT2D eigenvalue weighted by Crippen LogP contribution is -2.29. The Labute approximate surface area is 109 Å². The summed E-state index contributed by atoms with van der Waals surface area (Å²) in [5.74, 6) is 0. The Bertz CT molecular complexity index is 505. The van der Waals surface area contributed by atoms with Crippen molar-refractivity contribution in [1.82, 2.24) is 5.32 Å². The third-order valence-electron chi connectivity index (χ3n) is 3.38. The van der Waals surface area contributed by atoms with E-state index < -0.39 is 11.7 Å². The first-order valence-electron chi connectivity index (χ1n) is 5.99. The molecular weight excluding hydrogens is 255 g/mol. The molecule has 1 unspecified atom stereocenters. The molecule has 19 heavy (non-hydrogen) atoms. The molecule has 1 atom stereocenters. The summed E-state index contributed by atoms with van der Waals surface area (Å²) in [5.41, 5.74) is -0.128. The van der Waals surface area contributed by atoms with Gasteiger partial charge >= 0.3 is 6.18 Å². The maximum Gasteiger partial charge on any atom is 0.416 e. The van der Waals surface area contributed by atoms with E-state index in [4.69, 9.17) is 5.26 Å². The molecular formula is C13H14F3N3. The first-order valence-corrected chi connectivity index (χ1v) is 5.99. The van der Waals surface area contributed by atoms with Crippen LogP contribution < -0.4 is 10.2 Å². The minimum atomic E-state index is -4.41. The number of halogens is 3. The second-order valence-electron chi connectivity index (χ2n) is 4.56. The van der Waals surface area contributed by atoms with Gasteiger partial charge in [-0.05, 0) is 31.7 Å². The van der Waals surface area contributed by atoms with E-state index >= 15 is 0 Å². The molecule has 2 rings (SSSR count). The largest absolute Gasteiger partial charge is 0.416 e. The van der Waals surface area contributed by atoms with E-state index in [1.807, 2.05) is 18.0 Å². The van der Waals surface area contributed by atoms with Gasteiger partial charge in [0, 0.05) is 19.1 Å². The van der Waals surface area contributed by atoms with Crippen LogP contribution in [0.15, 0.2) is 18.2 Å². The average molecular weight is 269 g/mol. The molecule has 1 aliphatic heterocycles.